The number of hydrogen-bond acceptors (Lipinski definition) is 2. The zero-order chi connectivity index (χ0) is 11.0. The predicted molar refractivity (Wildman–Crippen MR) is 52.9 cm³/mol. The van der Waals surface area contributed by atoms with E-state index in [4.69, 9.17) is 4.74 Å². The summed E-state index contributed by atoms with van der Waals surface area (Å²) < 4.78 is 32.3. The van der Waals surface area contributed by atoms with Crippen molar-refractivity contribution in [2.24, 2.45) is 0 Å². The SMILES string of the molecule is CCC1Oc2c(F)ccc(F)c2C1NC. The Labute approximate surface area is 87.2 Å². The molecule has 1 aliphatic heterocycles. The second-order valence-electron chi connectivity index (χ2n) is 3.60. The van der Waals surface area contributed by atoms with E-state index < -0.39 is 11.6 Å². The normalized spacial score (nSPS) is 23.7. The summed E-state index contributed by atoms with van der Waals surface area (Å²) in [6, 6.07) is 1.97. The molecule has 4 heteroatoms. The summed E-state index contributed by atoms with van der Waals surface area (Å²) >= 11 is 0. The maximum absolute atomic E-state index is 13.5. The lowest BCUT2D eigenvalue weighted by Crippen LogP contribution is -2.28. The van der Waals surface area contributed by atoms with E-state index in [-0.39, 0.29) is 17.9 Å². The Morgan fingerprint density at radius 1 is 1.33 bits per heavy atom. The number of hydrogen-bond donors (Lipinski definition) is 1. The fourth-order valence-electron chi connectivity index (χ4n) is 2.01. The van der Waals surface area contributed by atoms with Crippen LogP contribution >= 0.6 is 0 Å². The van der Waals surface area contributed by atoms with Gasteiger partial charge in [0, 0.05) is 0 Å². The highest BCUT2D eigenvalue weighted by Gasteiger charge is 2.36. The van der Waals surface area contributed by atoms with Crippen LogP contribution in [0.4, 0.5) is 8.78 Å². The molecule has 2 atom stereocenters. The molecule has 1 aliphatic rings. The summed E-state index contributed by atoms with van der Waals surface area (Å²) in [5.41, 5.74) is 0.310. The smallest absolute Gasteiger partial charge is 0.165 e. The van der Waals surface area contributed by atoms with Crippen LogP contribution in [0.2, 0.25) is 0 Å². The van der Waals surface area contributed by atoms with Crippen molar-refractivity contribution in [2.45, 2.75) is 25.5 Å². The van der Waals surface area contributed by atoms with Crippen LogP contribution in [-0.2, 0) is 0 Å². The van der Waals surface area contributed by atoms with Crippen LogP contribution in [-0.4, -0.2) is 13.2 Å². The van der Waals surface area contributed by atoms with Crippen molar-refractivity contribution in [1.29, 1.82) is 0 Å². The average molecular weight is 213 g/mol. The summed E-state index contributed by atoms with van der Waals surface area (Å²) in [4.78, 5) is 0. The minimum Gasteiger partial charge on any atom is -0.485 e. The van der Waals surface area contributed by atoms with Crippen molar-refractivity contribution in [2.75, 3.05) is 7.05 Å². The third-order valence-corrected chi connectivity index (χ3v) is 2.76. The van der Waals surface area contributed by atoms with Crippen molar-refractivity contribution in [3.63, 3.8) is 0 Å². The number of rotatable bonds is 2. The van der Waals surface area contributed by atoms with Crippen LogP contribution in [0.3, 0.4) is 0 Å². The highest BCUT2D eigenvalue weighted by Crippen LogP contribution is 2.40. The van der Waals surface area contributed by atoms with Gasteiger partial charge in [0.05, 0.1) is 11.6 Å². The second-order valence-corrected chi connectivity index (χ2v) is 3.60. The lowest BCUT2D eigenvalue weighted by atomic mass is 10.0. The third-order valence-electron chi connectivity index (χ3n) is 2.76. The molecule has 1 aromatic carbocycles. The van der Waals surface area contributed by atoms with Gasteiger partial charge >= 0.3 is 0 Å². The van der Waals surface area contributed by atoms with Gasteiger partial charge in [-0.25, -0.2) is 8.78 Å². The van der Waals surface area contributed by atoms with E-state index in [1.54, 1.807) is 7.05 Å². The van der Waals surface area contributed by atoms with Gasteiger partial charge in [0.2, 0.25) is 0 Å². The number of fused-ring (bicyclic) bond motifs is 1. The van der Waals surface area contributed by atoms with Gasteiger partial charge in [-0.15, -0.1) is 0 Å². The zero-order valence-corrected chi connectivity index (χ0v) is 8.68. The molecule has 2 rings (SSSR count). The van der Waals surface area contributed by atoms with Gasteiger partial charge in [-0.1, -0.05) is 6.92 Å². The van der Waals surface area contributed by atoms with Crippen LogP contribution in [0.15, 0.2) is 12.1 Å². The fraction of sp³-hybridized carbons (Fsp3) is 0.455. The molecular formula is C11H13F2NO. The number of benzene rings is 1. The van der Waals surface area contributed by atoms with E-state index >= 15 is 0 Å². The highest BCUT2D eigenvalue weighted by atomic mass is 19.1. The lowest BCUT2D eigenvalue weighted by molar-refractivity contribution is 0.183. The Balaban J connectivity index is 2.51. The number of halogens is 2. The monoisotopic (exact) mass is 213 g/mol. The summed E-state index contributed by atoms with van der Waals surface area (Å²) in [6.45, 7) is 1.93. The van der Waals surface area contributed by atoms with Gasteiger partial charge in [0.25, 0.3) is 0 Å². The summed E-state index contributed by atoms with van der Waals surface area (Å²) in [5.74, 6) is -0.856. The first-order valence-corrected chi connectivity index (χ1v) is 5.00. The quantitative estimate of drug-likeness (QED) is 0.814. The van der Waals surface area contributed by atoms with Gasteiger partial charge in [0.1, 0.15) is 11.9 Å². The maximum atomic E-state index is 13.5. The van der Waals surface area contributed by atoms with Crippen molar-refractivity contribution < 1.29 is 13.5 Å². The highest BCUT2D eigenvalue weighted by molar-refractivity contribution is 5.42. The molecule has 0 bridgehead atoms. The largest absolute Gasteiger partial charge is 0.485 e. The van der Waals surface area contributed by atoms with E-state index in [0.717, 1.165) is 12.1 Å². The van der Waals surface area contributed by atoms with Crippen LogP contribution < -0.4 is 10.1 Å². The molecule has 2 unspecified atom stereocenters. The molecule has 1 N–H and O–H groups in total. The lowest BCUT2D eigenvalue weighted by Gasteiger charge is -2.16. The maximum Gasteiger partial charge on any atom is 0.165 e. The summed E-state index contributed by atoms with van der Waals surface area (Å²) in [6.07, 6.45) is 0.510. The average Bonchev–Trinajstić information content (AvgIpc) is 2.63. The Kier molecular flexibility index (Phi) is 2.61. The molecule has 0 amide bonds. The van der Waals surface area contributed by atoms with E-state index in [1.165, 1.54) is 0 Å². The first kappa shape index (κ1) is 10.4. The fourth-order valence-corrected chi connectivity index (χ4v) is 2.01. The molecule has 0 spiro atoms. The van der Waals surface area contributed by atoms with E-state index in [1.807, 2.05) is 6.92 Å². The molecule has 0 aromatic heterocycles. The van der Waals surface area contributed by atoms with Crippen molar-refractivity contribution in [3.05, 3.63) is 29.3 Å². The van der Waals surface area contributed by atoms with Crippen LogP contribution in [0.5, 0.6) is 5.75 Å². The van der Waals surface area contributed by atoms with E-state index in [9.17, 15) is 8.78 Å². The topological polar surface area (TPSA) is 21.3 Å². The molecule has 15 heavy (non-hydrogen) atoms. The minimum atomic E-state index is -0.498. The third kappa shape index (κ3) is 1.49. The predicted octanol–water partition coefficient (Wildman–Crippen LogP) is 2.40. The van der Waals surface area contributed by atoms with Gasteiger partial charge in [-0.3, -0.25) is 0 Å². The minimum absolute atomic E-state index is 0.0567. The Morgan fingerprint density at radius 2 is 2.00 bits per heavy atom. The molecular weight excluding hydrogens is 200 g/mol. The van der Waals surface area contributed by atoms with Crippen molar-refractivity contribution in [3.8, 4) is 5.75 Å². The van der Waals surface area contributed by atoms with E-state index in [0.29, 0.717) is 12.0 Å². The van der Waals surface area contributed by atoms with Crippen molar-refractivity contribution in [1.82, 2.24) is 5.32 Å². The first-order valence-electron chi connectivity index (χ1n) is 5.00. The molecule has 0 radical (unpaired) electrons. The molecule has 0 saturated heterocycles. The molecule has 1 heterocycles. The molecule has 1 aromatic rings. The van der Waals surface area contributed by atoms with Crippen LogP contribution in [0, 0.1) is 11.6 Å². The molecule has 0 saturated carbocycles. The molecule has 0 aliphatic carbocycles. The van der Waals surface area contributed by atoms with Gasteiger partial charge < -0.3 is 10.1 Å². The zero-order valence-electron chi connectivity index (χ0n) is 8.68. The van der Waals surface area contributed by atoms with Gasteiger partial charge in [0.15, 0.2) is 11.6 Å². The van der Waals surface area contributed by atoms with Gasteiger partial charge in [-0.2, -0.15) is 0 Å². The number of ether oxygens (including phenoxy) is 1. The molecule has 0 fully saturated rings. The standard InChI is InChI=1S/C11H13F2NO/c1-3-8-10(14-2)9-6(12)4-5-7(13)11(9)15-8/h4-5,8,10,14H,3H2,1-2H3. The summed E-state index contributed by atoms with van der Waals surface area (Å²) in [5, 5.41) is 2.96. The first-order chi connectivity index (χ1) is 7.19. The second kappa shape index (κ2) is 3.77. The molecule has 82 valence electrons. The molecule has 2 nitrogen and oxygen atoms in total. The van der Waals surface area contributed by atoms with Crippen LogP contribution in [0.1, 0.15) is 24.9 Å². The Morgan fingerprint density at radius 3 is 2.60 bits per heavy atom. The number of likely N-dealkylation sites (N-methyl/N-ethyl adjacent to an activating group) is 1. The Bertz CT molecular complexity index is 381. The van der Waals surface area contributed by atoms with Gasteiger partial charge in [-0.05, 0) is 25.6 Å². The van der Waals surface area contributed by atoms with E-state index in [2.05, 4.69) is 5.32 Å². The Hall–Kier alpha value is -1.16. The summed E-state index contributed by atoms with van der Waals surface area (Å²) in [7, 11) is 1.72. The van der Waals surface area contributed by atoms with Crippen LogP contribution in [0.25, 0.3) is 0 Å². The number of nitrogens with one attached hydrogen (secondary N) is 1. The van der Waals surface area contributed by atoms with Crippen molar-refractivity contribution >= 4 is 0 Å².